The molecule has 2 fully saturated rings. The van der Waals surface area contributed by atoms with Crippen LogP contribution in [0.15, 0.2) is 0 Å². The van der Waals surface area contributed by atoms with E-state index < -0.39 is 4.87 Å². The number of likely N-dealkylation sites (tertiary alicyclic amines) is 1. The number of hydrogen-bond acceptors (Lipinski definition) is 4. The zero-order valence-corrected chi connectivity index (χ0v) is 14.8. The van der Waals surface area contributed by atoms with E-state index in [1.807, 2.05) is 11.8 Å². The fourth-order valence-corrected chi connectivity index (χ4v) is 3.71. The van der Waals surface area contributed by atoms with Crippen molar-refractivity contribution >= 4 is 24.4 Å². The molecule has 2 N–H and O–H groups in total. The molecule has 2 aliphatic heterocycles. The van der Waals surface area contributed by atoms with E-state index in [0.29, 0.717) is 13.0 Å². The van der Waals surface area contributed by atoms with Crippen molar-refractivity contribution in [2.75, 3.05) is 13.1 Å². The first-order valence-electron chi connectivity index (χ1n) is 8.36. The minimum atomic E-state index is -0.393. The van der Waals surface area contributed by atoms with Gasteiger partial charge in [-0.1, -0.05) is 0 Å². The highest BCUT2D eigenvalue weighted by Gasteiger charge is 2.37. The van der Waals surface area contributed by atoms with E-state index in [0.717, 1.165) is 32.2 Å². The number of carbonyl (C=O) groups excluding carboxylic acids is 2. The van der Waals surface area contributed by atoms with Crippen molar-refractivity contribution in [3.63, 3.8) is 0 Å². The van der Waals surface area contributed by atoms with E-state index >= 15 is 0 Å². The van der Waals surface area contributed by atoms with Crippen molar-refractivity contribution in [3.8, 4) is 0 Å². The smallest absolute Gasteiger partial charge is 0.226 e. The van der Waals surface area contributed by atoms with Gasteiger partial charge in [0, 0.05) is 37.5 Å². The second-order valence-corrected chi connectivity index (χ2v) is 8.11. The SMILES string of the molecule is CC(C)N1CCC(CC(C)(S)NC[C@@H]2CCCC(=O)N2)C1=O. The molecule has 0 aromatic carbocycles. The third kappa shape index (κ3) is 4.62. The van der Waals surface area contributed by atoms with Gasteiger partial charge in [-0.15, -0.1) is 0 Å². The largest absolute Gasteiger partial charge is 0.352 e. The summed E-state index contributed by atoms with van der Waals surface area (Å²) < 4.78 is 0. The Morgan fingerprint density at radius 1 is 1.41 bits per heavy atom. The Balaban J connectivity index is 1.81. The van der Waals surface area contributed by atoms with Crippen LogP contribution >= 0.6 is 12.6 Å². The van der Waals surface area contributed by atoms with Gasteiger partial charge in [0.15, 0.2) is 0 Å². The molecule has 2 unspecified atom stereocenters. The molecule has 2 amide bonds. The number of carbonyl (C=O) groups is 2. The maximum atomic E-state index is 12.4. The van der Waals surface area contributed by atoms with Gasteiger partial charge in [-0.2, -0.15) is 12.6 Å². The highest BCUT2D eigenvalue weighted by molar-refractivity contribution is 7.81. The summed E-state index contributed by atoms with van der Waals surface area (Å²) in [5, 5.41) is 6.42. The summed E-state index contributed by atoms with van der Waals surface area (Å²) in [4.78, 5) is 25.4. The normalized spacial score (nSPS) is 28.9. The fraction of sp³-hybridized carbons (Fsp3) is 0.875. The van der Waals surface area contributed by atoms with Crippen LogP contribution in [0.25, 0.3) is 0 Å². The lowest BCUT2D eigenvalue weighted by atomic mass is 9.98. The Hall–Kier alpha value is -0.750. The number of nitrogens with one attached hydrogen (secondary N) is 2. The predicted molar refractivity (Wildman–Crippen MR) is 90.7 cm³/mol. The molecule has 3 atom stereocenters. The molecule has 5 nitrogen and oxygen atoms in total. The van der Waals surface area contributed by atoms with Crippen LogP contribution in [0, 0.1) is 5.92 Å². The minimum absolute atomic E-state index is 0.0540. The minimum Gasteiger partial charge on any atom is -0.352 e. The molecule has 22 heavy (non-hydrogen) atoms. The monoisotopic (exact) mass is 327 g/mol. The lowest BCUT2D eigenvalue weighted by Gasteiger charge is -2.32. The van der Waals surface area contributed by atoms with Gasteiger partial charge in [0.2, 0.25) is 11.8 Å². The van der Waals surface area contributed by atoms with Crippen molar-refractivity contribution in [2.24, 2.45) is 5.92 Å². The number of amides is 2. The van der Waals surface area contributed by atoms with Gasteiger partial charge in [0.1, 0.15) is 0 Å². The first-order chi connectivity index (χ1) is 10.3. The van der Waals surface area contributed by atoms with Crippen molar-refractivity contribution < 1.29 is 9.59 Å². The molecule has 0 radical (unpaired) electrons. The standard InChI is InChI=1S/C16H29N3O2S/c1-11(2)19-8-7-12(15(19)21)9-16(3,22)17-10-13-5-4-6-14(20)18-13/h11-13,17,22H,4-10H2,1-3H3,(H,18,20)/t12?,13-,16?/m0/s1. The number of rotatable bonds is 6. The summed E-state index contributed by atoms with van der Waals surface area (Å²) >= 11 is 4.71. The quantitative estimate of drug-likeness (QED) is 0.512. The molecule has 0 bridgehead atoms. The molecule has 0 aromatic heterocycles. The second kappa shape index (κ2) is 7.21. The summed E-state index contributed by atoms with van der Waals surface area (Å²) in [6, 6.07) is 0.452. The van der Waals surface area contributed by atoms with Crippen LogP contribution < -0.4 is 10.6 Å². The predicted octanol–water partition coefficient (Wildman–Crippen LogP) is 1.54. The summed E-state index contributed by atoms with van der Waals surface area (Å²) in [5.74, 6) is 0.443. The average Bonchev–Trinajstić information content (AvgIpc) is 2.78. The summed E-state index contributed by atoms with van der Waals surface area (Å²) in [6.07, 6.45) is 4.22. The van der Waals surface area contributed by atoms with Gasteiger partial charge >= 0.3 is 0 Å². The Morgan fingerprint density at radius 3 is 2.73 bits per heavy atom. The molecule has 2 aliphatic rings. The highest BCUT2D eigenvalue weighted by Crippen LogP contribution is 2.30. The van der Waals surface area contributed by atoms with Gasteiger partial charge in [0.25, 0.3) is 0 Å². The number of hydrogen-bond donors (Lipinski definition) is 3. The molecule has 0 aliphatic carbocycles. The van der Waals surface area contributed by atoms with Gasteiger partial charge in [-0.25, -0.2) is 0 Å². The lowest BCUT2D eigenvalue weighted by molar-refractivity contribution is -0.132. The van der Waals surface area contributed by atoms with E-state index in [1.165, 1.54) is 0 Å². The number of thiol groups is 1. The zero-order chi connectivity index (χ0) is 16.3. The van der Waals surface area contributed by atoms with E-state index in [-0.39, 0.29) is 29.8 Å². The molecule has 0 aromatic rings. The second-order valence-electron chi connectivity index (χ2n) is 7.13. The van der Waals surface area contributed by atoms with Crippen LogP contribution in [0.5, 0.6) is 0 Å². The fourth-order valence-electron chi connectivity index (χ4n) is 3.39. The van der Waals surface area contributed by atoms with E-state index in [2.05, 4.69) is 24.5 Å². The molecule has 2 saturated heterocycles. The van der Waals surface area contributed by atoms with Crippen molar-refractivity contribution in [2.45, 2.75) is 69.8 Å². The van der Waals surface area contributed by atoms with Crippen LogP contribution in [-0.4, -0.2) is 46.8 Å². The first-order valence-corrected chi connectivity index (χ1v) is 8.80. The molecular weight excluding hydrogens is 298 g/mol. The van der Waals surface area contributed by atoms with Crippen LogP contribution in [0.3, 0.4) is 0 Å². The third-order valence-corrected chi connectivity index (χ3v) is 5.01. The van der Waals surface area contributed by atoms with Gasteiger partial charge in [0.05, 0.1) is 4.87 Å². The van der Waals surface area contributed by atoms with Gasteiger partial charge in [-0.3, -0.25) is 9.59 Å². The van der Waals surface area contributed by atoms with Crippen LogP contribution in [0.2, 0.25) is 0 Å². The van der Waals surface area contributed by atoms with Gasteiger partial charge < -0.3 is 15.5 Å². The Bertz CT molecular complexity index is 426. The highest BCUT2D eigenvalue weighted by atomic mass is 32.1. The Kier molecular flexibility index (Phi) is 5.77. The molecular formula is C16H29N3O2S. The van der Waals surface area contributed by atoms with Crippen LogP contribution in [0.4, 0.5) is 0 Å². The summed E-state index contributed by atoms with van der Waals surface area (Å²) in [6.45, 7) is 7.70. The van der Waals surface area contributed by atoms with Crippen LogP contribution in [-0.2, 0) is 9.59 Å². The van der Waals surface area contributed by atoms with Crippen LogP contribution in [0.1, 0.15) is 52.9 Å². The third-order valence-electron chi connectivity index (χ3n) is 4.67. The Labute approximate surface area is 139 Å². The molecule has 126 valence electrons. The molecule has 0 spiro atoms. The van der Waals surface area contributed by atoms with Gasteiger partial charge in [-0.05, 0) is 46.5 Å². The first kappa shape index (κ1) is 17.6. The number of piperidine rings is 1. The summed E-state index contributed by atoms with van der Waals surface area (Å²) in [7, 11) is 0. The topological polar surface area (TPSA) is 61.4 Å². The molecule has 0 saturated carbocycles. The molecule has 6 heteroatoms. The molecule has 2 heterocycles. The van der Waals surface area contributed by atoms with E-state index in [4.69, 9.17) is 12.6 Å². The zero-order valence-electron chi connectivity index (χ0n) is 13.9. The van der Waals surface area contributed by atoms with Crippen molar-refractivity contribution in [1.82, 2.24) is 15.5 Å². The van der Waals surface area contributed by atoms with E-state index in [1.54, 1.807) is 0 Å². The van der Waals surface area contributed by atoms with E-state index in [9.17, 15) is 9.59 Å². The maximum absolute atomic E-state index is 12.4. The molecule has 2 rings (SSSR count). The summed E-state index contributed by atoms with van der Waals surface area (Å²) in [5.41, 5.74) is 0. The number of nitrogens with zero attached hydrogens (tertiary/aromatic N) is 1. The average molecular weight is 327 g/mol. The maximum Gasteiger partial charge on any atom is 0.226 e. The van der Waals surface area contributed by atoms with Crippen molar-refractivity contribution in [1.29, 1.82) is 0 Å². The lowest BCUT2D eigenvalue weighted by Crippen LogP contribution is -2.50. The van der Waals surface area contributed by atoms with Crippen molar-refractivity contribution in [3.05, 3.63) is 0 Å². The Morgan fingerprint density at radius 2 is 2.14 bits per heavy atom.